The average Bonchev–Trinajstić information content (AvgIpc) is 2.39. The molecule has 0 spiro atoms. The van der Waals surface area contributed by atoms with Gasteiger partial charge in [0, 0.05) is 30.6 Å². The topological polar surface area (TPSA) is 62.2 Å². The smallest absolute Gasteiger partial charge is 0.221 e. The van der Waals surface area contributed by atoms with Crippen LogP contribution in [-0.2, 0) is 4.79 Å². The van der Waals surface area contributed by atoms with E-state index in [0.717, 1.165) is 11.1 Å². The molecule has 1 aromatic heterocycles. The number of carbonyl (C=O) groups excluding carboxylic acids is 1. The minimum atomic E-state index is -0.704. The van der Waals surface area contributed by atoms with E-state index in [1.165, 1.54) is 6.92 Å². The molecule has 19 heavy (non-hydrogen) atoms. The van der Waals surface area contributed by atoms with Gasteiger partial charge in [0.25, 0.3) is 0 Å². The zero-order chi connectivity index (χ0) is 13.0. The third-order valence-corrected chi connectivity index (χ3v) is 2.55. The van der Waals surface area contributed by atoms with Crippen molar-refractivity contribution in [1.82, 2.24) is 4.98 Å². The fourth-order valence-electron chi connectivity index (χ4n) is 1.68. The molecule has 1 atom stereocenters. The maximum atomic E-state index is 10.9. The molecule has 2 rings (SSSR count). The number of nitrogens with zero attached hydrogens (tertiary/aromatic N) is 1. The van der Waals surface area contributed by atoms with Crippen molar-refractivity contribution in [2.75, 3.05) is 5.32 Å². The molecule has 1 unspecified atom stereocenters. The zero-order valence-corrected chi connectivity index (χ0v) is 12.7. The van der Waals surface area contributed by atoms with E-state index in [0.29, 0.717) is 5.69 Å². The van der Waals surface area contributed by atoms with Crippen molar-refractivity contribution < 1.29 is 9.90 Å². The van der Waals surface area contributed by atoms with Crippen LogP contribution in [0.5, 0.6) is 0 Å². The first kappa shape index (κ1) is 15.6. The molecule has 4 nitrogen and oxygen atoms in total. The Labute approximate surface area is 128 Å². The van der Waals surface area contributed by atoms with E-state index in [2.05, 4.69) is 10.3 Å². The Morgan fingerprint density at radius 1 is 1.21 bits per heavy atom. The van der Waals surface area contributed by atoms with Gasteiger partial charge in [-0.1, -0.05) is 18.2 Å². The number of aromatic nitrogens is 1. The number of rotatable bonds is 3. The second-order valence-electron chi connectivity index (χ2n) is 3.99. The van der Waals surface area contributed by atoms with Gasteiger partial charge in [-0.2, -0.15) is 0 Å². The van der Waals surface area contributed by atoms with Crippen molar-refractivity contribution >= 4 is 35.6 Å². The summed E-state index contributed by atoms with van der Waals surface area (Å²) in [6.45, 7) is 1.46. The van der Waals surface area contributed by atoms with Gasteiger partial charge in [-0.15, -0.1) is 24.0 Å². The lowest BCUT2D eigenvalue weighted by atomic mass is 10.0. The SMILES string of the molecule is CC(=O)Nc1ccc(C(O)c2cccnc2)cc1.I. The summed E-state index contributed by atoms with van der Waals surface area (Å²) in [5, 5.41) is 12.8. The number of aliphatic hydroxyl groups is 1. The lowest BCUT2D eigenvalue weighted by Gasteiger charge is -2.11. The van der Waals surface area contributed by atoms with Crippen molar-refractivity contribution in [3.8, 4) is 0 Å². The first-order valence-corrected chi connectivity index (χ1v) is 5.62. The molecule has 0 bridgehead atoms. The monoisotopic (exact) mass is 370 g/mol. The van der Waals surface area contributed by atoms with E-state index in [-0.39, 0.29) is 29.9 Å². The number of hydrogen-bond acceptors (Lipinski definition) is 3. The highest BCUT2D eigenvalue weighted by molar-refractivity contribution is 14.0. The van der Waals surface area contributed by atoms with Crippen molar-refractivity contribution in [1.29, 1.82) is 0 Å². The summed E-state index contributed by atoms with van der Waals surface area (Å²) in [7, 11) is 0. The van der Waals surface area contributed by atoms with Crippen LogP contribution in [0.3, 0.4) is 0 Å². The van der Waals surface area contributed by atoms with Crippen molar-refractivity contribution in [3.05, 3.63) is 59.9 Å². The second kappa shape index (κ2) is 7.20. The first-order chi connectivity index (χ1) is 8.66. The molecule has 100 valence electrons. The van der Waals surface area contributed by atoms with Gasteiger partial charge in [0.15, 0.2) is 0 Å². The molecule has 2 N–H and O–H groups in total. The summed E-state index contributed by atoms with van der Waals surface area (Å²) >= 11 is 0. The van der Waals surface area contributed by atoms with Crippen LogP contribution < -0.4 is 5.32 Å². The van der Waals surface area contributed by atoms with Gasteiger partial charge in [0.05, 0.1) is 0 Å². The summed E-state index contributed by atoms with van der Waals surface area (Å²) < 4.78 is 0. The average molecular weight is 370 g/mol. The van der Waals surface area contributed by atoms with Gasteiger partial charge in [0.1, 0.15) is 6.10 Å². The van der Waals surface area contributed by atoms with Gasteiger partial charge >= 0.3 is 0 Å². The standard InChI is InChI=1S/C14H14N2O2.HI/c1-10(17)16-13-6-4-11(5-7-13)14(18)12-3-2-8-15-9-12;/h2-9,14,18H,1H3,(H,16,17);1H. The van der Waals surface area contributed by atoms with Crippen molar-refractivity contribution in [3.63, 3.8) is 0 Å². The van der Waals surface area contributed by atoms with Gasteiger partial charge in [0.2, 0.25) is 5.91 Å². The quantitative estimate of drug-likeness (QED) is 0.817. The number of nitrogens with one attached hydrogen (secondary N) is 1. The Bertz CT molecular complexity index is 529. The van der Waals surface area contributed by atoms with E-state index in [1.54, 1.807) is 42.7 Å². The van der Waals surface area contributed by atoms with Gasteiger partial charge in [-0.3, -0.25) is 9.78 Å². The minimum Gasteiger partial charge on any atom is -0.384 e. The zero-order valence-electron chi connectivity index (χ0n) is 10.4. The molecule has 1 amide bonds. The molecular formula is C14H15IN2O2. The molecule has 0 aliphatic carbocycles. The number of benzene rings is 1. The van der Waals surface area contributed by atoms with E-state index in [9.17, 15) is 9.90 Å². The van der Waals surface area contributed by atoms with Gasteiger partial charge in [-0.05, 0) is 23.8 Å². The Morgan fingerprint density at radius 3 is 2.42 bits per heavy atom. The van der Waals surface area contributed by atoms with Crippen LogP contribution in [0.1, 0.15) is 24.2 Å². The summed E-state index contributed by atoms with van der Waals surface area (Å²) in [5.74, 6) is -0.115. The maximum absolute atomic E-state index is 10.9. The lowest BCUT2D eigenvalue weighted by Crippen LogP contribution is -2.06. The Balaban J connectivity index is 0.00000180. The van der Waals surface area contributed by atoms with Crippen LogP contribution in [0.4, 0.5) is 5.69 Å². The number of aliphatic hydroxyl groups excluding tert-OH is 1. The number of anilines is 1. The van der Waals surface area contributed by atoms with Crippen LogP contribution in [0.2, 0.25) is 0 Å². The molecular weight excluding hydrogens is 355 g/mol. The molecule has 0 aliphatic heterocycles. The van der Waals surface area contributed by atoms with Crippen LogP contribution in [0.25, 0.3) is 0 Å². The summed E-state index contributed by atoms with van der Waals surface area (Å²) in [5.41, 5.74) is 2.21. The highest BCUT2D eigenvalue weighted by Crippen LogP contribution is 2.22. The van der Waals surface area contributed by atoms with E-state index < -0.39 is 6.10 Å². The fraction of sp³-hybridized carbons (Fsp3) is 0.143. The first-order valence-electron chi connectivity index (χ1n) is 5.62. The predicted octanol–water partition coefficient (Wildman–Crippen LogP) is 2.74. The normalized spacial score (nSPS) is 11.3. The van der Waals surface area contributed by atoms with E-state index in [4.69, 9.17) is 0 Å². The molecule has 0 saturated carbocycles. The number of amides is 1. The minimum absolute atomic E-state index is 0. The lowest BCUT2D eigenvalue weighted by molar-refractivity contribution is -0.114. The van der Waals surface area contributed by atoms with Crippen LogP contribution >= 0.6 is 24.0 Å². The van der Waals surface area contributed by atoms with E-state index >= 15 is 0 Å². The Morgan fingerprint density at radius 2 is 1.89 bits per heavy atom. The highest BCUT2D eigenvalue weighted by atomic mass is 127. The number of carbonyl (C=O) groups is 1. The highest BCUT2D eigenvalue weighted by Gasteiger charge is 2.10. The van der Waals surface area contributed by atoms with Gasteiger partial charge < -0.3 is 10.4 Å². The van der Waals surface area contributed by atoms with Crippen molar-refractivity contribution in [2.45, 2.75) is 13.0 Å². The summed E-state index contributed by atoms with van der Waals surface area (Å²) in [6.07, 6.45) is 2.59. The molecule has 2 aromatic rings. The Kier molecular flexibility index (Phi) is 5.91. The van der Waals surface area contributed by atoms with E-state index in [1.807, 2.05) is 6.07 Å². The largest absolute Gasteiger partial charge is 0.384 e. The molecule has 0 fully saturated rings. The molecule has 5 heteroatoms. The third kappa shape index (κ3) is 4.29. The number of hydrogen-bond donors (Lipinski definition) is 2. The molecule has 0 saturated heterocycles. The van der Waals surface area contributed by atoms with Crippen molar-refractivity contribution in [2.24, 2.45) is 0 Å². The third-order valence-electron chi connectivity index (χ3n) is 2.55. The van der Waals surface area contributed by atoms with Gasteiger partial charge in [-0.25, -0.2) is 0 Å². The molecule has 0 aliphatic rings. The number of pyridine rings is 1. The second-order valence-corrected chi connectivity index (χ2v) is 3.99. The Hall–Kier alpha value is -1.47. The molecule has 1 heterocycles. The number of halogens is 1. The van der Waals surface area contributed by atoms with Crippen LogP contribution in [-0.4, -0.2) is 16.0 Å². The van der Waals surface area contributed by atoms with Crippen LogP contribution in [0.15, 0.2) is 48.8 Å². The summed E-state index contributed by atoms with van der Waals surface area (Å²) in [6, 6.07) is 10.7. The molecule has 0 radical (unpaired) electrons. The fourth-order valence-corrected chi connectivity index (χ4v) is 1.68. The molecule has 1 aromatic carbocycles. The maximum Gasteiger partial charge on any atom is 0.221 e. The van der Waals surface area contributed by atoms with Crippen LogP contribution in [0, 0.1) is 0 Å². The predicted molar refractivity (Wildman–Crippen MR) is 84.5 cm³/mol. The summed E-state index contributed by atoms with van der Waals surface area (Å²) in [4.78, 5) is 14.9.